The smallest absolute Gasteiger partial charge is 0.126 e. The molecule has 310 valence electrons. The van der Waals surface area contributed by atoms with Crippen molar-refractivity contribution in [2.45, 2.75) is 137 Å². The first kappa shape index (κ1) is 40.7. The average molecular weight is 761 g/mol. The molecule has 11 saturated carbocycles. The number of ether oxygens (including phenoxy) is 1. The van der Waals surface area contributed by atoms with Crippen molar-refractivity contribution >= 4 is 12.6 Å². The second-order valence-corrected chi connectivity index (χ2v) is 21.7. The zero-order valence-corrected chi connectivity index (χ0v) is 35.8. The maximum absolute atomic E-state index is 11.5. The van der Waals surface area contributed by atoms with Crippen molar-refractivity contribution < 1.29 is 24.5 Å². The van der Waals surface area contributed by atoms with Gasteiger partial charge in [0.1, 0.15) is 12.6 Å². The van der Waals surface area contributed by atoms with Gasteiger partial charge in [-0.15, -0.1) is 0 Å². The first-order chi connectivity index (χ1) is 26.7. The summed E-state index contributed by atoms with van der Waals surface area (Å²) in [5, 5.41) is 17.4. The van der Waals surface area contributed by atoms with Gasteiger partial charge >= 0.3 is 0 Å². The van der Waals surface area contributed by atoms with E-state index in [1.165, 1.54) is 96.0 Å². The van der Waals surface area contributed by atoms with Crippen LogP contribution in [0.4, 0.5) is 0 Å². The summed E-state index contributed by atoms with van der Waals surface area (Å²) < 4.78 is 4.54. The van der Waals surface area contributed by atoms with Crippen LogP contribution in [0.25, 0.3) is 0 Å². The fraction of sp³-hybridized carbons (Fsp3) is 0.920. The van der Waals surface area contributed by atoms with Gasteiger partial charge in [-0.3, -0.25) is 0 Å². The molecule has 11 fully saturated rings. The second-order valence-electron chi connectivity index (χ2n) is 21.7. The molecular formula is C50H80O5. The molecule has 0 aromatic carbocycles. The quantitative estimate of drug-likeness (QED) is 0.153. The van der Waals surface area contributed by atoms with Crippen LogP contribution in [0.1, 0.15) is 137 Å². The molecule has 12 rings (SSSR count). The summed E-state index contributed by atoms with van der Waals surface area (Å²) in [7, 11) is 1.68. The highest BCUT2D eigenvalue weighted by molar-refractivity contribution is 5.62. The van der Waals surface area contributed by atoms with Crippen LogP contribution in [-0.2, 0) is 14.3 Å². The van der Waals surface area contributed by atoms with Gasteiger partial charge < -0.3 is 24.5 Å². The van der Waals surface area contributed by atoms with Gasteiger partial charge in [0.2, 0.25) is 0 Å². The average Bonchev–Trinajstić information content (AvgIpc) is 4.08. The lowest BCUT2D eigenvalue weighted by molar-refractivity contribution is -0.122. The lowest BCUT2D eigenvalue weighted by atomic mass is 9.60. The van der Waals surface area contributed by atoms with Crippen molar-refractivity contribution in [3.63, 3.8) is 0 Å². The van der Waals surface area contributed by atoms with E-state index in [1.807, 2.05) is 6.92 Å². The number of carbonyl (C=O) groups excluding carboxylic acids is 2. The van der Waals surface area contributed by atoms with Crippen molar-refractivity contribution in [1.29, 1.82) is 0 Å². The first-order valence-electron chi connectivity index (χ1n) is 24.0. The molecular weight excluding hydrogens is 681 g/mol. The number of rotatable bonds is 7. The third-order valence-corrected chi connectivity index (χ3v) is 20.7. The molecule has 5 nitrogen and oxygen atoms in total. The highest BCUT2D eigenvalue weighted by Gasteiger charge is 2.68. The fourth-order valence-corrected chi connectivity index (χ4v) is 18.9. The summed E-state index contributed by atoms with van der Waals surface area (Å²) >= 11 is 0. The van der Waals surface area contributed by atoms with Crippen LogP contribution in [0.5, 0.6) is 0 Å². The highest BCUT2D eigenvalue weighted by Crippen LogP contribution is 2.74. The molecule has 2 N–H and O–H groups in total. The van der Waals surface area contributed by atoms with Gasteiger partial charge in [-0.05, 0) is 229 Å². The fourth-order valence-electron chi connectivity index (χ4n) is 18.9. The Morgan fingerprint density at radius 3 is 1.42 bits per heavy atom. The van der Waals surface area contributed by atoms with E-state index in [4.69, 9.17) is 5.11 Å². The van der Waals surface area contributed by atoms with Gasteiger partial charge in [0.25, 0.3) is 0 Å². The zero-order chi connectivity index (χ0) is 38.9. The van der Waals surface area contributed by atoms with E-state index in [2.05, 4.69) is 37.7 Å². The number of hydrogen-bond donors (Lipinski definition) is 2. The summed E-state index contributed by atoms with van der Waals surface area (Å²) in [5.74, 6) is 17.1. The molecule has 55 heavy (non-hydrogen) atoms. The highest BCUT2D eigenvalue weighted by atomic mass is 16.5. The minimum atomic E-state index is 0.0736. The number of fused-ring (bicyclic) bond motifs is 27. The van der Waals surface area contributed by atoms with Crippen molar-refractivity contribution in [2.24, 2.45) is 123 Å². The Morgan fingerprint density at radius 2 is 0.964 bits per heavy atom. The minimum absolute atomic E-state index is 0.0736. The van der Waals surface area contributed by atoms with E-state index in [0.29, 0.717) is 12.0 Å². The topological polar surface area (TPSA) is 83.8 Å². The molecule has 0 saturated heterocycles. The summed E-state index contributed by atoms with van der Waals surface area (Å²) in [4.78, 5) is 23.1. The Labute approximate surface area is 335 Å². The predicted octanol–water partition coefficient (Wildman–Crippen LogP) is 10.1. The molecule has 5 heteroatoms. The molecule has 12 bridgehead atoms. The predicted molar refractivity (Wildman–Crippen MR) is 220 cm³/mol. The third kappa shape index (κ3) is 6.12. The van der Waals surface area contributed by atoms with Gasteiger partial charge in [0, 0.05) is 37.8 Å². The summed E-state index contributed by atoms with van der Waals surface area (Å²) in [6.07, 6.45) is 29.5. The maximum Gasteiger partial charge on any atom is 0.126 e. The van der Waals surface area contributed by atoms with Crippen molar-refractivity contribution in [2.75, 3.05) is 26.9 Å². The van der Waals surface area contributed by atoms with Crippen LogP contribution in [0.3, 0.4) is 0 Å². The van der Waals surface area contributed by atoms with E-state index >= 15 is 0 Å². The van der Waals surface area contributed by atoms with Crippen LogP contribution in [0.2, 0.25) is 0 Å². The van der Waals surface area contributed by atoms with Gasteiger partial charge in [-0.25, -0.2) is 0 Å². The van der Waals surface area contributed by atoms with Gasteiger partial charge in [-0.2, -0.15) is 0 Å². The lowest BCUT2D eigenvalue weighted by Gasteiger charge is -2.45. The van der Waals surface area contributed by atoms with Gasteiger partial charge in [0.15, 0.2) is 0 Å². The number of methoxy groups -OCH3 is 1. The van der Waals surface area contributed by atoms with E-state index in [9.17, 15) is 14.7 Å². The van der Waals surface area contributed by atoms with Crippen LogP contribution in [-0.4, -0.2) is 49.7 Å². The van der Waals surface area contributed by atoms with Crippen molar-refractivity contribution in [3.05, 3.63) is 12.2 Å². The molecule has 12 aliphatic carbocycles. The van der Waals surface area contributed by atoms with E-state index in [-0.39, 0.29) is 17.4 Å². The molecule has 0 aromatic heterocycles. The normalized spacial score (nSPS) is 54.4. The van der Waals surface area contributed by atoms with Crippen LogP contribution >= 0.6 is 0 Å². The summed E-state index contributed by atoms with van der Waals surface area (Å²) in [6.45, 7) is 11.9. The van der Waals surface area contributed by atoms with Crippen LogP contribution < -0.4 is 0 Å². The number of carbonyl (C=O) groups is 2. The monoisotopic (exact) mass is 761 g/mol. The van der Waals surface area contributed by atoms with Crippen LogP contribution in [0, 0.1) is 123 Å². The van der Waals surface area contributed by atoms with Crippen LogP contribution in [0.15, 0.2) is 12.2 Å². The largest absolute Gasteiger partial charge is 0.397 e. The SMILES string of the molecule is CCC1(C=O)CC2CC1C1C3C=CC(C3)C21.CCC1(C=O)CC2CC1C1C3CCC(C3)C21.CCC1(CO)CC2CC1C1C3CCC(C3)C21.CCO.CCOC. The van der Waals surface area contributed by atoms with E-state index in [0.717, 1.165) is 126 Å². The molecule has 12 aliphatic rings. The number of aliphatic hydroxyl groups is 2. The number of aliphatic hydroxyl groups excluding tert-OH is 2. The number of aldehydes is 2. The Morgan fingerprint density at radius 1 is 0.545 bits per heavy atom. The van der Waals surface area contributed by atoms with E-state index in [1.54, 1.807) is 20.5 Å². The molecule has 21 unspecified atom stereocenters. The van der Waals surface area contributed by atoms with E-state index < -0.39 is 0 Å². The van der Waals surface area contributed by atoms with Crippen molar-refractivity contribution in [1.82, 2.24) is 0 Å². The Hall–Kier alpha value is -1.04. The molecule has 0 radical (unpaired) electrons. The summed E-state index contributed by atoms with van der Waals surface area (Å²) in [6, 6.07) is 0. The number of allylic oxidation sites excluding steroid dienone is 2. The molecule has 0 aliphatic heterocycles. The maximum atomic E-state index is 11.5. The Bertz CT molecular complexity index is 1390. The third-order valence-electron chi connectivity index (χ3n) is 20.7. The van der Waals surface area contributed by atoms with Gasteiger partial charge in [-0.1, -0.05) is 32.9 Å². The Kier molecular flexibility index (Phi) is 11.7. The minimum Gasteiger partial charge on any atom is -0.397 e. The standard InChI is InChI=1S/C15H24O.C15H22O.C15H20O.C3H8O.C2H6O/c3*1-2-15(8-16)7-11-6-12(15)14-10-4-3-9(5-10)13(11)14;1-3-4-2;1-2-3/h9-14,16H,2-8H2,1H3;8-14H,2-7H2,1H3;3-4,8-14H,2,5-7H2,1H3;3H2,1-2H3;3H,2H2,1H3. The molecule has 0 spiro atoms. The molecule has 21 atom stereocenters. The first-order valence-corrected chi connectivity index (χ1v) is 24.0. The van der Waals surface area contributed by atoms with Crippen molar-refractivity contribution in [3.8, 4) is 0 Å². The zero-order valence-electron chi connectivity index (χ0n) is 35.8. The molecule has 0 amide bonds. The second kappa shape index (κ2) is 15.9. The van der Waals surface area contributed by atoms with Gasteiger partial charge in [0.05, 0.1) is 0 Å². The number of hydrogen-bond acceptors (Lipinski definition) is 5. The Balaban J connectivity index is 0.000000107. The molecule has 0 heterocycles. The summed E-state index contributed by atoms with van der Waals surface area (Å²) in [5.41, 5.74) is 0.525. The molecule has 0 aromatic rings. The lowest BCUT2D eigenvalue weighted by Crippen LogP contribution is -2.41.